The number of H-pyrrole nitrogens is 1. The van der Waals surface area contributed by atoms with E-state index in [1.807, 2.05) is 24.3 Å². The number of nitrogens with one attached hydrogen (secondary N) is 2. The highest BCUT2D eigenvalue weighted by atomic mass is 35.5. The van der Waals surface area contributed by atoms with Gasteiger partial charge in [-0.05, 0) is 36.9 Å². The van der Waals surface area contributed by atoms with Gasteiger partial charge in [-0.2, -0.15) is 5.10 Å². The van der Waals surface area contributed by atoms with Crippen LogP contribution in [0.15, 0.2) is 30.3 Å². The summed E-state index contributed by atoms with van der Waals surface area (Å²) < 4.78 is 0. The van der Waals surface area contributed by atoms with Crippen LogP contribution in [-0.4, -0.2) is 47.2 Å². The molecule has 2 aromatic rings. The van der Waals surface area contributed by atoms with Crippen LogP contribution in [0, 0.1) is 11.8 Å². The first-order chi connectivity index (χ1) is 12.0. The maximum atomic E-state index is 12.4. The number of nitrogens with zero attached hydrogens (tertiary/aromatic N) is 2. The van der Waals surface area contributed by atoms with Gasteiger partial charge in [0.2, 0.25) is 0 Å². The molecule has 3 rings (SSSR count). The zero-order chi connectivity index (χ0) is 17.8. The third kappa shape index (κ3) is 4.61. The molecular weight excluding hydrogens is 336 g/mol. The molecule has 1 saturated heterocycles. The summed E-state index contributed by atoms with van der Waals surface area (Å²) in [6.07, 6.45) is 1.14. The second-order valence-electron chi connectivity index (χ2n) is 7.16. The standard InChI is InChI=1S/C19H25ClN4O/c1-13(2)11-24-8-7-14(12-24)10-21-19(25)18-9-17(22-23-18)15-5-3-4-6-16(15)20/h3-6,9,13-14H,7-8,10-12H2,1-2H3,(H,21,25)(H,22,23). The summed E-state index contributed by atoms with van der Waals surface area (Å²) in [5.74, 6) is 1.09. The molecule has 0 aliphatic carbocycles. The fraction of sp³-hybridized carbons (Fsp3) is 0.474. The normalized spacial score (nSPS) is 18.0. The summed E-state index contributed by atoms with van der Waals surface area (Å²) in [4.78, 5) is 14.8. The molecular formula is C19H25ClN4O. The molecule has 1 aromatic heterocycles. The molecule has 1 aliphatic heterocycles. The van der Waals surface area contributed by atoms with E-state index in [-0.39, 0.29) is 5.91 Å². The zero-order valence-electron chi connectivity index (χ0n) is 14.8. The van der Waals surface area contributed by atoms with Crippen LogP contribution in [0.2, 0.25) is 5.02 Å². The summed E-state index contributed by atoms with van der Waals surface area (Å²) in [6.45, 7) is 8.50. The number of hydrogen-bond acceptors (Lipinski definition) is 3. The first kappa shape index (κ1) is 18.0. The quantitative estimate of drug-likeness (QED) is 0.829. The zero-order valence-corrected chi connectivity index (χ0v) is 15.5. The van der Waals surface area contributed by atoms with E-state index in [1.165, 1.54) is 0 Å². The van der Waals surface area contributed by atoms with E-state index in [0.717, 1.165) is 31.6 Å². The minimum atomic E-state index is -0.117. The lowest BCUT2D eigenvalue weighted by atomic mass is 10.1. The number of rotatable bonds is 6. The summed E-state index contributed by atoms with van der Waals surface area (Å²) in [5, 5.41) is 10.7. The monoisotopic (exact) mass is 360 g/mol. The lowest BCUT2D eigenvalue weighted by Gasteiger charge is -2.18. The lowest BCUT2D eigenvalue weighted by molar-refractivity contribution is 0.0942. The Kier molecular flexibility index (Phi) is 5.76. The Morgan fingerprint density at radius 1 is 1.44 bits per heavy atom. The van der Waals surface area contributed by atoms with Gasteiger partial charge in [-0.3, -0.25) is 9.89 Å². The Labute approximate surface area is 153 Å². The largest absolute Gasteiger partial charge is 0.350 e. The molecule has 1 fully saturated rings. The number of hydrogen-bond donors (Lipinski definition) is 2. The summed E-state index contributed by atoms with van der Waals surface area (Å²) in [5.41, 5.74) is 1.96. The van der Waals surface area contributed by atoms with Gasteiger partial charge in [0.15, 0.2) is 0 Å². The van der Waals surface area contributed by atoms with Crippen molar-refractivity contribution in [3.63, 3.8) is 0 Å². The lowest BCUT2D eigenvalue weighted by Crippen LogP contribution is -2.32. The Hall–Kier alpha value is -1.85. The predicted octanol–water partition coefficient (Wildman–Crippen LogP) is 3.44. The number of carbonyl (C=O) groups is 1. The second-order valence-corrected chi connectivity index (χ2v) is 7.57. The predicted molar refractivity (Wildman–Crippen MR) is 101 cm³/mol. The van der Waals surface area contributed by atoms with Crippen molar-refractivity contribution < 1.29 is 4.79 Å². The highest BCUT2D eigenvalue weighted by Gasteiger charge is 2.23. The van der Waals surface area contributed by atoms with E-state index in [4.69, 9.17) is 11.6 Å². The number of likely N-dealkylation sites (tertiary alicyclic amines) is 1. The van der Waals surface area contributed by atoms with E-state index in [9.17, 15) is 4.79 Å². The summed E-state index contributed by atoms with van der Waals surface area (Å²) in [6, 6.07) is 9.22. The molecule has 134 valence electrons. The molecule has 1 atom stereocenters. The molecule has 0 bridgehead atoms. The molecule has 1 aliphatic rings. The van der Waals surface area contributed by atoms with Crippen molar-refractivity contribution in [2.45, 2.75) is 20.3 Å². The molecule has 0 saturated carbocycles. The Morgan fingerprint density at radius 2 is 2.24 bits per heavy atom. The van der Waals surface area contributed by atoms with Gasteiger partial charge in [-0.25, -0.2) is 0 Å². The molecule has 5 nitrogen and oxygen atoms in total. The van der Waals surface area contributed by atoms with Crippen LogP contribution in [0.1, 0.15) is 30.8 Å². The number of carbonyl (C=O) groups excluding carboxylic acids is 1. The molecule has 1 aromatic carbocycles. The number of amides is 1. The maximum absolute atomic E-state index is 12.4. The minimum Gasteiger partial charge on any atom is -0.350 e. The molecule has 2 N–H and O–H groups in total. The van der Waals surface area contributed by atoms with Crippen molar-refractivity contribution in [3.8, 4) is 11.3 Å². The fourth-order valence-electron chi connectivity index (χ4n) is 3.34. The summed E-state index contributed by atoms with van der Waals surface area (Å²) >= 11 is 6.19. The number of aromatic amines is 1. The molecule has 0 spiro atoms. The van der Waals surface area contributed by atoms with Gasteiger partial charge in [0.05, 0.1) is 10.7 Å². The number of aromatic nitrogens is 2. The van der Waals surface area contributed by atoms with E-state index >= 15 is 0 Å². The third-order valence-electron chi connectivity index (χ3n) is 4.52. The average Bonchev–Trinajstić information content (AvgIpc) is 3.22. The second kappa shape index (κ2) is 8.02. The van der Waals surface area contributed by atoms with Crippen LogP contribution < -0.4 is 5.32 Å². The van der Waals surface area contributed by atoms with Crippen molar-refractivity contribution >= 4 is 17.5 Å². The Bertz CT molecular complexity index is 728. The first-order valence-corrected chi connectivity index (χ1v) is 9.21. The Balaban J connectivity index is 1.54. The highest BCUT2D eigenvalue weighted by molar-refractivity contribution is 6.33. The van der Waals surface area contributed by atoms with Crippen molar-refractivity contribution in [1.29, 1.82) is 0 Å². The van der Waals surface area contributed by atoms with Crippen LogP contribution in [-0.2, 0) is 0 Å². The number of benzene rings is 1. The van der Waals surface area contributed by atoms with Crippen molar-refractivity contribution in [3.05, 3.63) is 41.0 Å². The van der Waals surface area contributed by atoms with Gasteiger partial charge in [-0.15, -0.1) is 0 Å². The fourth-order valence-corrected chi connectivity index (χ4v) is 3.57. The first-order valence-electron chi connectivity index (χ1n) is 8.83. The maximum Gasteiger partial charge on any atom is 0.269 e. The highest BCUT2D eigenvalue weighted by Crippen LogP contribution is 2.26. The van der Waals surface area contributed by atoms with Gasteiger partial charge < -0.3 is 10.2 Å². The van der Waals surface area contributed by atoms with E-state index in [2.05, 4.69) is 34.3 Å². The van der Waals surface area contributed by atoms with Gasteiger partial charge in [0.1, 0.15) is 5.69 Å². The van der Waals surface area contributed by atoms with E-state index < -0.39 is 0 Å². The van der Waals surface area contributed by atoms with Gasteiger partial charge in [0, 0.05) is 25.2 Å². The SMILES string of the molecule is CC(C)CN1CCC(CNC(=O)c2cc(-c3ccccc3Cl)n[nH]2)C1. The molecule has 2 heterocycles. The molecule has 1 unspecified atom stereocenters. The van der Waals surface area contributed by atoms with Gasteiger partial charge in [0.25, 0.3) is 5.91 Å². The minimum absolute atomic E-state index is 0.117. The van der Waals surface area contributed by atoms with Crippen LogP contribution >= 0.6 is 11.6 Å². The molecule has 25 heavy (non-hydrogen) atoms. The smallest absolute Gasteiger partial charge is 0.269 e. The third-order valence-corrected chi connectivity index (χ3v) is 4.85. The number of halogens is 1. The topological polar surface area (TPSA) is 61.0 Å². The Morgan fingerprint density at radius 3 is 3.00 bits per heavy atom. The van der Waals surface area contributed by atoms with Crippen LogP contribution in [0.25, 0.3) is 11.3 Å². The molecule has 1 amide bonds. The van der Waals surface area contributed by atoms with E-state index in [1.54, 1.807) is 6.07 Å². The van der Waals surface area contributed by atoms with Crippen LogP contribution in [0.4, 0.5) is 0 Å². The van der Waals surface area contributed by atoms with Crippen molar-refractivity contribution in [2.75, 3.05) is 26.2 Å². The molecule has 6 heteroatoms. The van der Waals surface area contributed by atoms with E-state index in [0.29, 0.717) is 34.8 Å². The van der Waals surface area contributed by atoms with Gasteiger partial charge in [-0.1, -0.05) is 43.6 Å². The van der Waals surface area contributed by atoms with Crippen LogP contribution in [0.5, 0.6) is 0 Å². The van der Waals surface area contributed by atoms with Crippen molar-refractivity contribution in [1.82, 2.24) is 20.4 Å². The summed E-state index contributed by atoms with van der Waals surface area (Å²) in [7, 11) is 0. The van der Waals surface area contributed by atoms with Crippen LogP contribution in [0.3, 0.4) is 0 Å². The molecule has 0 radical (unpaired) electrons. The van der Waals surface area contributed by atoms with Gasteiger partial charge >= 0.3 is 0 Å². The average molecular weight is 361 g/mol. The van der Waals surface area contributed by atoms with Crippen molar-refractivity contribution in [2.24, 2.45) is 11.8 Å².